The van der Waals surface area contributed by atoms with E-state index in [9.17, 15) is 0 Å². The van der Waals surface area contributed by atoms with Crippen LogP contribution in [-0.2, 0) is 0 Å². The number of methoxy groups -OCH3 is 1. The van der Waals surface area contributed by atoms with Crippen LogP contribution < -0.4 is 4.74 Å². The molecule has 0 saturated carbocycles. The highest BCUT2D eigenvalue weighted by molar-refractivity contribution is 7.86. The number of nitrogens with zero attached hydrogens (tertiary/aromatic N) is 3. The van der Waals surface area contributed by atoms with Crippen LogP contribution in [0.15, 0.2) is 4.99 Å². The van der Waals surface area contributed by atoms with Gasteiger partial charge < -0.3 is 4.74 Å². The Bertz CT molecular complexity index is 435. The molecule has 0 fully saturated rings. The molecular weight excluding hydrogens is 301 g/mol. The minimum atomic E-state index is -0.0556. The molecule has 8 heteroatoms. The summed E-state index contributed by atoms with van der Waals surface area (Å²) in [6, 6.07) is 0.346. The van der Waals surface area contributed by atoms with Crippen molar-refractivity contribution in [1.29, 1.82) is 0 Å². The van der Waals surface area contributed by atoms with Crippen molar-refractivity contribution >= 4 is 62.3 Å². The minimum absolute atomic E-state index is 0.0556. The first-order valence-electron chi connectivity index (χ1n) is 4.24. The summed E-state index contributed by atoms with van der Waals surface area (Å²) in [6.45, 7) is 3.64. The van der Waals surface area contributed by atoms with Crippen LogP contribution in [0.5, 0.6) is 6.01 Å². The maximum absolute atomic E-state index is 4.90. The van der Waals surface area contributed by atoms with Crippen molar-refractivity contribution < 1.29 is 4.74 Å². The van der Waals surface area contributed by atoms with Crippen LogP contribution in [-0.4, -0.2) is 26.0 Å². The van der Waals surface area contributed by atoms with Gasteiger partial charge in [0.2, 0.25) is 0 Å². The van der Waals surface area contributed by atoms with Gasteiger partial charge in [0.05, 0.1) is 23.7 Å². The topological polar surface area (TPSA) is 47.4 Å². The third kappa shape index (κ3) is 6.61. The fraction of sp³-hybridized carbons (Fsp3) is 0.333. The van der Waals surface area contributed by atoms with Crippen LogP contribution in [0, 0.1) is 13.8 Å². The second kappa shape index (κ2) is 8.44. The van der Waals surface area contributed by atoms with E-state index in [0.29, 0.717) is 11.7 Å². The Morgan fingerprint density at radius 3 is 2.00 bits per heavy atom. The van der Waals surface area contributed by atoms with E-state index in [1.165, 1.54) is 7.11 Å². The largest absolute Gasteiger partial charge is 0.467 e. The molecule has 0 aliphatic rings. The Morgan fingerprint density at radius 2 is 1.71 bits per heavy atom. The van der Waals surface area contributed by atoms with E-state index in [4.69, 9.17) is 27.9 Å². The zero-order chi connectivity index (χ0) is 13.4. The number of aliphatic imine (C=N–C) groups is 1. The van der Waals surface area contributed by atoms with Crippen molar-refractivity contribution in [3.05, 3.63) is 11.4 Å². The van der Waals surface area contributed by atoms with Gasteiger partial charge in [0, 0.05) is 0 Å². The standard InChI is InChI=1S/C8H9N3OS.CCl2S/c1-5-7(9-4-13)6(2)11-8(10-5)12-3;2-1(3)4/h1-3H3;. The molecular formula is C9H9Cl2N3OS2. The number of hydrogen-bond donors (Lipinski definition) is 0. The highest BCUT2D eigenvalue weighted by Crippen LogP contribution is 2.21. The lowest BCUT2D eigenvalue weighted by atomic mass is 10.3. The second-order valence-electron chi connectivity index (χ2n) is 2.66. The number of isothiocyanates is 1. The molecule has 0 radical (unpaired) electrons. The molecule has 17 heavy (non-hydrogen) atoms. The summed E-state index contributed by atoms with van der Waals surface area (Å²) < 4.78 is 4.84. The van der Waals surface area contributed by atoms with Gasteiger partial charge in [-0.3, -0.25) is 0 Å². The molecule has 1 aromatic rings. The first-order chi connectivity index (χ1) is 7.92. The smallest absolute Gasteiger partial charge is 0.316 e. The normalized spacial score (nSPS) is 8.53. The van der Waals surface area contributed by atoms with Crippen LogP contribution in [0.2, 0.25) is 0 Å². The van der Waals surface area contributed by atoms with Crippen molar-refractivity contribution in [3.8, 4) is 6.01 Å². The van der Waals surface area contributed by atoms with Gasteiger partial charge in [0.25, 0.3) is 0 Å². The quantitative estimate of drug-likeness (QED) is 0.474. The Kier molecular flexibility index (Phi) is 8.12. The maximum atomic E-state index is 4.90. The average molecular weight is 310 g/mol. The van der Waals surface area contributed by atoms with E-state index >= 15 is 0 Å². The van der Waals surface area contributed by atoms with Crippen molar-refractivity contribution in [1.82, 2.24) is 9.97 Å². The summed E-state index contributed by atoms with van der Waals surface area (Å²) in [6.07, 6.45) is 0. The van der Waals surface area contributed by atoms with Crippen LogP contribution in [0.4, 0.5) is 5.69 Å². The molecule has 1 heterocycles. The molecule has 0 spiro atoms. The molecule has 0 amide bonds. The van der Waals surface area contributed by atoms with Gasteiger partial charge in [-0.1, -0.05) is 35.4 Å². The van der Waals surface area contributed by atoms with Gasteiger partial charge in [-0.15, -0.1) is 0 Å². The summed E-state index contributed by atoms with van der Waals surface area (Å²) in [5, 5.41) is 2.29. The monoisotopic (exact) mass is 309 g/mol. The Hall–Kier alpha value is -0.650. The third-order valence-corrected chi connectivity index (χ3v) is 1.64. The summed E-state index contributed by atoms with van der Waals surface area (Å²) in [5.74, 6) is 0. The van der Waals surface area contributed by atoms with Crippen LogP contribution in [0.25, 0.3) is 0 Å². The number of aromatic nitrogens is 2. The highest BCUT2D eigenvalue weighted by atomic mass is 35.5. The Labute approximate surface area is 120 Å². The zero-order valence-corrected chi connectivity index (χ0v) is 12.5. The molecule has 0 unspecified atom stereocenters. The summed E-state index contributed by atoms with van der Waals surface area (Å²) in [5.41, 5.74) is 2.14. The molecule has 1 aromatic heterocycles. The maximum Gasteiger partial charge on any atom is 0.316 e. The fourth-order valence-electron chi connectivity index (χ4n) is 0.978. The summed E-state index contributed by atoms with van der Waals surface area (Å²) in [4.78, 5) is 12.0. The van der Waals surface area contributed by atoms with Gasteiger partial charge in [-0.2, -0.15) is 15.0 Å². The first kappa shape index (κ1) is 16.4. The minimum Gasteiger partial charge on any atom is -0.467 e. The van der Waals surface area contributed by atoms with E-state index in [2.05, 4.69) is 44.6 Å². The molecule has 0 N–H and O–H groups in total. The van der Waals surface area contributed by atoms with E-state index in [-0.39, 0.29) is 3.78 Å². The van der Waals surface area contributed by atoms with Crippen molar-refractivity contribution in [2.45, 2.75) is 13.8 Å². The third-order valence-electron chi connectivity index (χ3n) is 1.55. The van der Waals surface area contributed by atoms with Crippen LogP contribution >= 0.6 is 47.6 Å². The van der Waals surface area contributed by atoms with Gasteiger partial charge in [0.15, 0.2) is 3.78 Å². The first-order valence-corrected chi connectivity index (χ1v) is 5.81. The van der Waals surface area contributed by atoms with Crippen LogP contribution in [0.1, 0.15) is 11.4 Å². The predicted octanol–water partition coefficient (Wildman–Crippen LogP) is 3.59. The second-order valence-corrected chi connectivity index (χ2v) is 4.65. The summed E-state index contributed by atoms with van der Waals surface area (Å²) in [7, 11) is 1.52. The van der Waals surface area contributed by atoms with Gasteiger partial charge in [-0.25, -0.2) is 0 Å². The molecule has 0 bridgehead atoms. The number of hydrogen-bond acceptors (Lipinski definition) is 6. The summed E-state index contributed by atoms with van der Waals surface area (Å²) >= 11 is 18.1. The van der Waals surface area contributed by atoms with E-state index < -0.39 is 0 Å². The zero-order valence-electron chi connectivity index (χ0n) is 9.32. The average Bonchev–Trinajstić information content (AvgIpc) is 2.22. The Morgan fingerprint density at radius 1 is 1.29 bits per heavy atom. The molecule has 0 aromatic carbocycles. The lowest BCUT2D eigenvalue weighted by Gasteiger charge is -2.03. The van der Waals surface area contributed by atoms with Crippen molar-refractivity contribution in [2.24, 2.45) is 4.99 Å². The van der Waals surface area contributed by atoms with E-state index in [0.717, 1.165) is 11.4 Å². The highest BCUT2D eigenvalue weighted by Gasteiger charge is 2.06. The molecule has 0 aliphatic carbocycles. The van der Waals surface area contributed by atoms with Gasteiger partial charge >= 0.3 is 6.01 Å². The SMILES string of the molecule is COc1nc(C)c(N=C=S)c(C)n1.S=C(Cl)Cl. The molecule has 4 nitrogen and oxygen atoms in total. The lowest BCUT2D eigenvalue weighted by molar-refractivity contribution is 0.378. The molecule has 92 valence electrons. The molecule has 0 saturated heterocycles. The van der Waals surface area contributed by atoms with Crippen molar-refractivity contribution in [2.75, 3.05) is 7.11 Å². The van der Waals surface area contributed by atoms with Crippen molar-refractivity contribution in [3.63, 3.8) is 0 Å². The number of thiocarbonyl (C=S) groups is 2. The number of rotatable bonds is 2. The number of halogens is 2. The number of ether oxygens (including phenoxy) is 1. The van der Waals surface area contributed by atoms with Gasteiger partial charge in [0.1, 0.15) is 5.69 Å². The lowest BCUT2D eigenvalue weighted by Crippen LogP contribution is -1.96. The Balaban J connectivity index is 0.000000557. The molecule has 0 aliphatic heterocycles. The van der Waals surface area contributed by atoms with Gasteiger partial charge in [-0.05, 0) is 26.1 Å². The molecule has 1 rings (SSSR count). The predicted molar refractivity (Wildman–Crippen MR) is 77.0 cm³/mol. The van der Waals surface area contributed by atoms with E-state index in [1.807, 2.05) is 13.8 Å². The number of aryl methyl sites for hydroxylation is 2. The molecule has 0 atom stereocenters. The fourth-order valence-corrected chi connectivity index (χ4v) is 1.07. The van der Waals surface area contributed by atoms with E-state index in [1.54, 1.807) is 0 Å². The van der Waals surface area contributed by atoms with Crippen LogP contribution in [0.3, 0.4) is 0 Å².